The number of ether oxygens (including phenoxy) is 3. The summed E-state index contributed by atoms with van der Waals surface area (Å²) in [6.07, 6.45) is 0. The number of benzene rings is 2. The summed E-state index contributed by atoms with van der Waals surface area (Å²) in [6, 6.07) is 12.1. The van der Waals surface area contributed by atoms with Crippen LogP contribution in [0.1, 0.15) is 5.56 Å². The van der Waals surface area contributed by atoms with E-state index in [1.165, 1.54) is 0 Å². The lowest BCUT2D eigenvalue weighted by atomic mass is 10.1. The number of halogens is 3. The minimum absolute atomic E-state index is 0. The van der Waals surface area contributed by atoms with Crippen LogP contribution in [0.15, 0.2) is 36.4 Å². The fourth-order valence-corrected chi connectivity index (χ4v) is 3.60. The van der Waals surface area contributed by atoms with E-state index in [9.17, 15) is 0 Å². The van der Waals surface area contributed by atoms with Gasteiger partial charge in [-0.05, 0) is 29.8 Å². The van der Waals surface area contributed by atoms with Crippen LogP contribution in [0.25, 0.3) is 0 Å². The second-order valence-corrected chi connectivity index (χ2v) is 6.66. The Balaban J connectivity index is 0.00000196. The van der Waals surface area contributed by atoms with Crippen molar-refractivity contribution in [2.75, 3.05) is 52.4 Å². The molecular weight excluding hydrogens is 423 g/mol. The molecule has 0 N–H and O–H groups in total. The highest BCUT2D eigenvalue weighted by Gasteiger charge is 2.20. The first-order chi connectivity index (χ1) is 12.7. The van der Waals surface area contributed by atoms with Crippen molar-refractivity contribution >= 4 is 42.1 Å². The number of nitrogens with zero attached hydrogens (tertiary/aromatic N) is 2. The Bertz CT molecular complexity index is 728. The highest BCUT2D eigenvalue weighted by molar-refractivity contribution is 6.33. The molecule has 28 heavy (non-hydrogen) atoms. The fourth-order valence-electron chi connectivity index (χ4n) is 3.34. The molecule has 8 heteroatoms. The van der Waals surface area contributed by atoms with Gasteiger partial charge in [-0.15, -0.1) is 24.8 Å². The zero-order valence-corrected chi connectivity index (χ0v) is 18.7. The monoisotopic (exact) mass is 448 g/mol. The number of piperazine rings is 1. The molecule has 3 rings (SSSR count). The predicted octanol–water partition coefficient (Wildman–Crippen LogP) is 4.53. The molecule has 1 saturated heterocycles. The molecule has 2 aromatic carbocycles. The van der Waals surface area contributed by atoms with Gasteiger partial charge in [-0.3, -0.25) is 4.90 Å². The van der Waals surface area contributed by atoms with Crippen LogP contribution in [0, 0.1) is 0 Å². The number of hydrogen-bond donors (Lipinski definition) is 0. The molecule has 0 bridgehead atoms. The molecule has 0 aliphatic carbocycles. The maximum atomic E-state index is 6.32. The molecule has 0 saturated carbocycles. The molecule has 1 aliphatic rings. The van der Waals surface area contributed by atoms with E-state index in [1.54, 1.807) is 21.3 Å². The molecule has 0 aromatic heterocycles. The lowest BCUT2D eigenvalue weighted by molar-refractivity contribution is 0.248. The summed E-state index contributed by atoms with van der Waals surface area (Å²) in [5.41, 5.74) is 2.26. The quantitative estimate of drug-likeness (QED) is 0.647. The van der Waals surface area contributed by atoms with E-state index < -0.39 is 0 Å². The second kappa shape index (κ2) is 11.5. The molecule has 156 valence electrons. The van der Waals surface area contributed by atoms with Gasteiger partial charge in [0, 0.05) is 32.7 Å². The van der Waals surface area contributed by atoms with E-state index >= 15 is 0 Å². The molecule has 0 unspecified atom stereocenters. The molecule has 0 radical (unpaired) electrons. The van der Waals surface area contributed by atoms with E-state index in [-0.39, 0.29) is 24.8 Å². The SMILES string of the molecule is COc1cc(CN2CCN(c3ccccc3Cl)CC2)cc(OC)c1OC.Cl.Cl. The minimum atomic E-state index is 0. The third-order valence-electron chi connectivity index (χ3n) is 4.70. The van der Waals surface area contributed by atoms with Gasteiger partial charge in [-0.2, -0.15) is 0 Å². The first-order valence-electron chi connectivity index (χ1n) is 8.67. The Kier molecular flexibility index (Phi) is 10.0. The van der Waals surface area contributed by atoms with Crippen LogP contribution in [0.5, 0.6) is 17.2 Å². The Morgan fingerprint density at radius 2 is 1.43 bits per heavy atom. The Hall–Kier alpha value is -1.53. The van der Waals surface area contributed by atoms with Gasteiger partial charge in [0.2, 0.25) is 5.75 Å². The van der Waals surface area contributed by atoms with Crippen molar-refractivity contribution in [1.82, 2.24) is 4.90 Å². The van der Waals surface area contributed by atoms with E-state index in [2.05, 4.69) is 15.9 Å². The summed E-state index contributed by atoms with van der Waals surface area (Å²) in [5, 5.41) is 0.811. The van der Waals surface area contributed by atoms with E-state index in [0.29, 0.717) is 17.2 Å². The van der Waals surface area contributed by atoms with Gasteiger partial charge < -0.3 is 19.1 Å². The summed E-state index contributed by atoms with van der Waals surface area (Å²) in [7, 11) is 4.90. The standard InChI is InChI=1S/C20H25ClN2O3.2ClH/c1-24-18-12-15(13-19(25-2)20(18)26-3)14-22-8-10-23(11-9-22)17-7-5-4-6-16(17)21;;/h4-7,12-13H,8-11,14H2,1-3H3;2*1H. The van der Waals surface area contributed by atoms with E-state index in [0.717, 1.165) is 49.0 Å². The van der Waals surface area contributed by atoms with Crippen molar-refractivity contribution in [3.8, 4) is 17.2 Å². The summed E-state index contributed by atoms with van der Waals surface area (Å²) >= 11 is 6.32. The zero-order chi connectivity index (χ0) is 18.5. The maximum absolute atomic E-state index is 6.32. The van der Waals surface area contributed by atoms with Crippen LogP contribution in [0.2, 0.25) is 5.02 Å². The third-order valence-corrected chi connectivity index (χ3v) is 5.02. The lowest BCUT2D eigenvalue weighted by Crippen LogP contribution is -2.46. The molecule has 0 atom stereocenters. The van der Waals surface area contributed by atoms with E-state index in [4.69, 9.17) is 25.8 Å². The number of para-hydroxylation sites is 1. The van der Waals surface area contributed by atoms with Gasteiger partial charge in [0.15, 0.2) is 11.5 Å². The second-order valence-electron chi connectivity index (χ2n) is 6.25. The van der Waals surface area contributed by atoms with Crippen molar-refractivity contribution in [3.05, 3.63) is 47.0 Å². The van der Waals surface area contributed by atoms with Gasteiger partial charge in [-0.1, -0.05) is 23.7 Å². The summed E-state index contributed by atoms with van der Waals surface area (Å²) in [4.78, 5) is 4.77. The number of methoxy groups -OCH3 is 3. The Morgan fingerprint density at radius 1 is 0.857 bits per heavy atom. The van der Waals surface area contributed by atoms with Gasteiger partial charge >= 0.3 is 0 Å². The number of anilines is 1. The van der Waals surface area contributed by atoms with Crippen molar-refractivity contribution < 1.29 is 14.2 Å². The first kappa shape index (κ1) is 24.5. The van der Waals surface area contributed by atoms with Gasteiger partial charge in [0.25, 0.3) is 0 Å². The molecular formula is C20H27Cl3N2O3. The average Bonchev–Trinajstić information content (AvgIpc) is 2.68. The molecule has 1 fully saturated rings. The zero-order valence-electron chi connectivity index (χ0n) is 16.3. The van der Waals surface area contributed by atoms with Crippen LogP contribution in [-0.4, -0.2) is 52.4 Å². The Morgan fingerprint density at radius 3 is 1.93 bits per heavy atom. The minimum Gasteiger partial charge on any atom is -0.493 e. The van der Waals surface area contributed by atoms with Gasteiger partial charge in [-0.25, -0.2) is 0 Å². The maximum Gasteiger partial charge on any atom is 0.203 e. The van der Waals surface area contributed by atoms with Crippen molar-refractivity contribution in [1.29, 1.82) is 0 Å². The fraction of sp³-hybridized carbons (Fsp3) is 0.400. The van der Waals surface area contributed by atoms with Gasteiger partial charge in [0.1, 0.15) is 0 Å². The lowest BCUT2D eigenvalue weighted by Gasteiger charge is -2.36. The molecule has 0 amide bonds. The largest absolute Gasteiger partial charge is 0.493 e. The van der Waals surface area contributed by atoms with Crippen molar-refractivity contribution in [2.24, 2.45) is 0 Å². The predicted molar refractivity (Wildman–Crippen MR) is 120 cm³/mol. The van der Waals surface area contributed by atoms with Crippen LogP contribution >= 0.6 is 36.4 Å². The smallest absolute Gasteiger partial charge is 0.203 e. The molecule has 1 heterocycles. The summed E-state index contributed by atoms with van der Waals surface area (Å²) < 4.78 is 16.3. The number of rotatable bonds is 6. The van der Waals surface area contributed by atoms with Crippen molar-refractivity contribution in [3.63, 3.8) is 0 Å². The molecule has 5 nitrogen and oxygen atoms in total. The first-order valence-corrected chi connectivity index (χ1v) is 9.04. The van der Waals surface area contributed by atoms with Crippen LogP contribution in [-0.2, 0) is 6.54 Å². The van der Waals surface area contributed by atoms with Gasteiger partial charge in [0.05, 0.1) is 32.0 Å². The molecule has 1 aliphatic heterocycles. The highest BCUT2D eigenvalue weighted by Crippen LogP contribution is 2.38. The highest BCUT2D eigenvalue weighted by atomic mass is 35.5. The Labute approximate surface area is 184 Å². The van der Waals surface area contributed by atoms with Crippen molar-refractivity contribution in [2.45, 2.75) is 6.54 Å². The normalized spacial score (nSPS) is 13.9. The summed E-state index contributed by atoms with van der Waals surface area (Å²) in [6.45, 7) is 4.69. The number of hydrogen-bond acceptors (Lipinski definition) is 5. The third kappa shape index (κ3) is 5.51. The average molecular weight is 450 g/mol. The van der Waals surface area contributed by atoms with E-state index in [1.807, 2.05) is 30.3 Å². The summed E-state index contributed by atoms with van der Waals surface area (Å²) in [5.74, 6) is 2.01. The molecule has 0 spiro atoms. The topological polar surface area (TPSA) is 34.2 Å². The van der Waals surface area contributed by atoms with Crippen LogP contribution in [0.4, 0.5) is 5.69 Å². The van der Waals surface area contributed by atoms with Crippen LogP contribution < -0.4 is 19.1 Å². The van der Waals surface area contributed by atoms with Crippen LogP contribution in [0.3, 0.4) is 0 Å². The molecule has 2 aromatic rings.